The van der Waals surface area contributed by atoms with Gasteiger partial charge in [-0.1, -0.05) is 36.3 Å². The normalized spacial score (nSPS) is 13.0. The zero-order chi connectivity index (χ0) is 12.0. The third-order valence-electron chi connectivity index (χ3n) is 2.12. The summed E-state index contributed by atoms with van der Waals surface area (Å²) in [7, 11) is -3.03. The Morgan fingerprint density at radius 2 is 2.00 bits per heavy atom. The van der Waals surface area contributed by atoms with Gasteiger partial charge >= 0.3 is 0 Å². The first-order valence-corrected chi connectivity index (χ1v) is 6.98. The summed E-state index contributed by atoms with van der Waals surface area (Å²) in [5.74, 6) is 2.50. The average molecular weight is 237 g/mol. The predicted octanol–water partition coefficient (Wildman–Crippen LogP) is 0.995. The highest BCUT2D eigenvalue weighted by Gasteiger charge is 2.15. The minimum absolute atomic E-state index is 0.0543. The Morgan fingerprint density at radius 3 is 2.50 bits per heavy atom. The second-order valence-electron chi connectivity index (χ2n) is 3.64. The van der Waals surface area contributed by atoms with E-state index in [4.69, 9.17) is 6.42 Å². The van der Waals surface area contributed by atoms with Crippen molar-refractivity contribution in [1.29, 1.82) is 0 Å². The molecule has 0 aliphatic carbocycles. The Balaban J connectivity index is 2.84. The van der Waals surface area contributed by atoms with Crippen molar-refractivity contribution in [3.63, 3.8) is 0 Å². The van der Waals surface area contributed by atoms with Crippen molar-refractivity contribution < 1.29 is 8.42 Å². The summed E-state index contributed by atoms with van der Waals surface area (Å²) in [6.45, 7) is 0.356. The van der Waals surface area contributed by atoms with E-state index < -0.39 is 9.84 Å². The lowest BCUT2D eigenvalue weighted by molar-refractivity contribution is 0.572. The summed E-state index contributed by atoms with van der Waals surface area (Å²) in [5.41, 5.74) is 0.933. The Bertz CT molecular complexity index is 460. The van der Waals surface area contributed by atoms with Crippen LogP contribution in [0.15, 0.2) is 30.3 Å². The van der Waals surface area contributed by atoms with E-state index in [1.807, 2.05) is 30.3 Å². The van der Waals surface area contributed by atoms with Crippen molar-refractivity contribution in [2.45, 2.75) is 6.04 Å². The van der Waals surface area contributed by atoms with Crippen LogP contribution in [0.25, 0.3) is 0 Å². The second kappa shape index (κ2) is 5.69. The first-order valence-electron chi connectivity index (χ1n) is 4.92. The molecule has 1 aromatic carbocycles. The van der Waals surface area contributed by atoms with Gasteiger partial charge in [0.05, 0.1) is 12.3 Å². The summed E-state index contributed by atoms with van der Waals surface area (Å²) in [6.07, 6.45) is 6.38. The van der Waals surface area contributed by atoms with Crippen LogP contribution in [-0.2, 0) is 9.84 Å². The topological polar surface area (TPSA) is 46.2 Å². The van der Waals surface area contributed by atoms with Gasteiger partial charge in [0.15, 0.2) is 0 Å². The van der Waals surface area contributed by atoms with Gasteiger partial charge in [0.1, 0.15) is 9.84 Å². The fourth-order valence-electron chi connectivity index (χ4n) is 1.44. The van der Waals surface area contributed by atoms with Crippen molar-refractivity contribution in [3.05, 3.63) is 35.9 Å². The molecule has 16 heavy (non-hydrogen) atoms. The van der Waals surface area contributed by atoms with E-state index in [2.05, 4.69) is 11.2 Å². The minimum atomic E-state index is -3.03. The molecule has 0 aliphatic rings. The molecule has 1 atom stereocenters. The SMILES string of the molecule is C#CCN[C@H](CS(C)(=O)=O)c1ccccc1. The van der Waals surface area contributed by atoms with Crippen molar-refractivity contribution in [1.82, 2.24) is 5.32 Å². The second-order valence-corrected chi connectivity index (χ2v) is 5.83. The fourth-order valence-corrected chi connectivity index (χ4v) is 2.36. The maximum Gasteiger partial charge on any atom is 0.149 e. The highest BCUT2D eigenvalue weighted by molar-refractivity contribution is 7.90. The minimum Gasteiger partial charge on any atom is -0.298 e. The first-order chi connectivity index (χ1) is 7.53. The van der Waals surface area contributed by atoms with Gasteiger partial charge in [0, 0.05) is 12.3 Å². The molecule has 0 heterocycles. The van der Waals surface area contributed by atoms with Crippen LogP contribution < -0.4 is 5.32 Å². The maximum absolute atomic E-state index is 11.3. The summed E-state index contributed by atoms with van der Waals surface area (Å²) in [5, 5.41) is 3.03. The van der Waals surface area contributed by atoms with E-state index in [0.29, 0.717) is 6.54 Å². The molecule has 0 saturated carbocycles. The van der Waals surface area contributed by atoms with Crippen LogP contribution in [-0.4, -0.2) is 27.0 Å². The lowest BCUT2D eigenvalue weighted by Gasteiger charge is -2.16. The summed E-state index contributed by atoms with van der Waals surface area (Å²) >= 11 is 0. The van der Waals surface area contributed by atoms with Crippen LogP contribution in [0.5, 0.6) is 0 Å². The number of terminal acetylenes is 1. The molecule has 0 aliphatic heterocycles. The lowest BCUT2D eigenvalue weighted by Crippen LogP contribution is -2.28. The average Bonchev–Trinajstić information content (AvgIpc) is 2.24. The van der Waals surface area contributed by atoms with Crippen molar-refractivity contribution in [2.24, 2.45) is 0 Å². The summed E-state index contributed by atoms with van der Waals surface area (Å²) < 4.78 is 22.6. The molecule has 0 amide bonds. The number of hydrogen-bond donors (Lipinski definition) is 1. The third kappa shape index (κ3) is 4.47. The van der Waals surface area contributed by atoms with Gasteiger partial charge in [-0.05, 0) is 5.56 Å². The summed E-state index contributed by atoms with van der Waals surface area (Å²) in [6, 6.07) is 9.18. The largest absolute Gasteiger partial charge is 0.298 e. The standard InChI is InChI=1S/C12H15NO2S/c1-3-9-13-12(10-16(2,14)15)11-7-5-4-6-8-11/h1,4-8,12-13H,9-10H2,2H3/t12-/m1/s1. The molecular weight excluding hydrogens is 222 g/mol. The Hall–Kier alpha value is -1.31. The van der Waals surface area contributed by atoms with Crippen LogP contribution in [0.4, 0.5) is 0 Å². The van der Waals surface area contributed by atoms with Crippen LogP contribution in [0.1, 0.15) is 11.6 Å². The Kier molecular flexibility index (Phi) is 4.53. The zero-order valence-corrected chi connectivity index (χ0v) is 10.00. The van der Waals surface area contributed by atoms with Crippen LogP contribution in [0.2, 0.25) is 0 Å². The van der Waals surface area contributed by atoms with Crippen molar-refractivity contribution >= 4 is 9.84 Å². The number of rotatable bonds is 5. The monoisotopic (exact) mass is 237 g/mol. The Labute approximate surface area is 96.8 Å². The van der Waals surface area contributed by atoms with E-state index in [-0.39, 0.29) is 11.8 Å². The highest BCUT2D eigenvalue weighted by atomic mass is 32.2. The van der Waals surface area contributed by atoms with Crippen molar-refractivity contribution in [3.8, 4) is 12.3 Å². The smallest absolute Gasteiger partial charge is 0.149 e. The molecule has 0 unspecified atom stereocenters. The molecule has 0 aromatic heterocycles. The van der Waals surface area contributed by atoms with Crippen LogP contribution in [0.3, 0.4) is 0 Å². The molecule has 86 valence electrons. The molecule has 0 radical (unpaired) electrons. The molecule has 3 nitrogen and oxygen atoms in total. The van der Waals surface area contributed by atoms with Crippen molar-refractivity contribution in [2.75, 3.05) is 18.6 Å². The first kappa shape index (κ1) is 12.8. The van der Waals surface area contributed by atoms with Gasteiger partial charge in [-0.2, -0.15) is 0 Å². The molecule has 0 bridgehead atoms. The van der Waals surface area contributed by atoms with Gasteiger partial charge in [-0.15, -0.1) is 6.42 Å². The zero-order valence-electron chi connectivity index (χ0n) is 9.18. The predicted molar refractivity (Wildman–Crippen MR) is 65.7 cm³/mol. The van der Waals surface area contributed by atoms with E-state index in [1.165, 1.54) is 6.26 Å². The number of nitrogens with one attached hydrogen (secondary N) is 1. The van der Waals surface area contributed by atoms with Crippen LogP contribution in [0, 0.1) is 12.3 Å². The third-order valence-corrected chi connectivity index (χ3v) is 3.06. The quantitative estimate of drug-likeness (QED) is 0.777. The molecule has 1 N–H and O–H groups in total. The van der Waals surface area contributed by atoms with E-state index in [1.54, 1.807) is 0 Å². The molecular formula is C12H15NO2S. The lowest BCUT2D eigenvalue weighted by atomic mass is 10.1. The van der Waals surface area contributed by atoms with E-state index in [9.17, 15) is 8.42 Å². The summed E-state index contributed by atoms with van der Waals surface area (Å²) in [4.78, 5) is 0. The van der Waals surface area contributed by atoms with Gasteiger partial charge in [-0.3, -0.25) is 5.32 Å². The highest BCUT2D eigenvalue weighted by Crippen LogP contribution is 2.14. The molecule has 4 heteroatoms. The molecule has 1 aromatic rings. The molecule has 0 saturated heterocycles. The maximum atomic E-state index is 11.3. The molecule has 0 fully saturated rings. The molecule has 0 spiro atoms. The number of sulfone groups is 1. The van der Waals surface area contributed by atoms with Gasteiger partial charge < -0.3 is 0 Å². The fraction of sp³-hybridized carbons (Fsp3) is 0.333. The van der Waals surface area contributed by atoms with Gasteiger partial charge in [-0.25, -0.2) is 8.42 Å². The van der Waals surface area contributed by atoms with E-state index in [0.717, 1.165) is 5.56 Å². The molecule has 1 rings (SSSR count). The Morgan fingerprint density at radius 1 is 1.38 bits per heavy atom. The number of hydrogen-bond acceptors (Lipinski definition) is 3. The van der Waals surface area contributed by atoms with E-state index >= 15 is 0 Å². The number of benzene rings is 1. The van der Waals surface area contributed by atoms with Crippen LogP contribution >= 0.6 is 0 Å². The van der Waals surface area contributed by atoms with Gasteiger partial charge in [0.2, 0.25) is 0 Å². The van der Waals surface area contributed by atoms with Gasteiger partial charge in [0.25, 0.3) is 0 Å².